The third-order valence-electron chi connectivity index (χ3n) is 2.92. The summed E-state index contributed by atoms with van der Waals surface area (Å²) in [6, 6.07) is 5.26. The van der Waals surface area contributed by atoms with Gasteiger partial charge in [-0.3, -0.25) is 10.2 Å². The summed E-state index contributed by atoms with van der Waals surface area (Å²) >= 11 is 0. The molecule has 21 heavy (non-hydrogen) atoms. The fourth-order valence-corrected chi connectivity index (χ4v) is 1.86. The van der Waals surface area contributed by atoms with Gasteiger partial charge in [0.15, 0.2) is 6.29 Å². The summed E-state index contributed by atoms with van der Waals surface area (Å²) in [5.74, 6) is 0.670. The van der Waals surface area contributed by atoms with Gasteiger partial charge in [-0.25, -0.2) is 9.97 Å². The lowest BCUT2D eigenvalue weighted by Gasteiger charge is -2.11. The zero-order chi connectivity index (χ0) is 15.2. The standard InChI is InChI=1S/C15H14N4O2/c1-10-18-7-12(8-19-10)11-2-3-15(17-4-5-20)13(6-11)14(16)9-21/h2-3,5-9,16-17H,4H2,1H3. The Morgan fingerprint density at radius 3 is 2.57 bits per heavy atom. The van der Waals surface area contributed by atoms with Gasteiger partial charge in [-0.2, -0.15) is 0 Å². The maximum atomic E-state index is 10.9. The third kappa shape index (κ3) is 3.36. The third-order valence-corrected chi connectivity index (χ3v) is 2.92. The highest BCUT2D eigenvalue weighted by atomic mass is 16.1. The average Bonchev–Trinajstić information content (AvgIpc) is 2.53. The van der Waals surface area contributed by atoms with Crippen molar-refractivity contribution in [3.63, 3.8) is 0 Å². The van der Waals surface area contributed by atoms with Crippen molar-refractivity contribution < 1.29 is 9.59 Å². The molecule has 0 saturated heterocycles. The fraction of sp³-hybridized carbons (Fsp3) is 0.133. The molecule has 1 aromatic carbocycles. The molecule has 2 N–H and O–H groups in total. The molecule has 0 atom stereocenters. The first-order valence-corrected chi connectivity index (χ1v) is 6.30. The SMILES string of the molecule is Cc1ncc(-c2ccc(NCC=O)c(C(=N)C=O)c2)cn1. The van der Waals surface area contributed by atoms with Gasteiger partial charge in [0.25, 0.3) is 0 Å². The molecule has 0 bridgehead atoms. The van der Waals surface area contributed by atoms with Gasteiger partial charge < -0.3 is 10.1 Å². The van der Waals surface area contributed by atoms with E-state index in [1.807, 2.05) is 6.07 Å². The molecule has 106 valence electrons. The molecule has 1 heterocycles. The quantitative estimate of drug-likeness (QED) is 0.620. The zero-order valence-corrected chi connectivity index (χ0v) is 11.5. The number of nitrogens with one attached hydrogen (secondary N) is 2. The van der Waals surface area contributed by atoms with Crippen LogP contribution in [0.25, 0.3) is 11.1 Å². The van der Waals surface area contributed by atoms with Crippen LogP contribution in [0.3, 0.4) is 0 Å². The first-order valence-electron chi connectivity index (χ1n) is 6.30. The Balaban J connectivity index is 2.45. The molecule has 6 nitrogen and oxygen atoms in total. The van der Waals surface area contributed by atoms with Crippen molar-refractivity contribution in [3.8, 4) is 11.1 Å². The first kappa shape index (κ1) is 14.5. The van der Waals surface area contributed by atoms with Gasteiger partial charge in [0, 0.05) is 29.2 Å². The van der Waals surface area contributed by atoms with E-state index >= 15 is 0 Å². The number of aryl methyl sites for hydroxylation is 1. The number of aromatic nitrogens is 2. The van der Waals surface area contributed by atoms with Crippen molar-refractivity contribution >= 4 is 24.0 Å². The number of hydrogen-bond donors (Lipinski definition) is 2. The van der Waals surface area contributed by atoms with Crippen LogP contribution in [0.5, 0.6) is 0 Å². The van der Waals surface area contributed by atoms with Crippen molar-refractivity contribution in [1.82, 2.24) is 9.97 Å². The number of rotatable bonds is 6. The number of anilines is 1. The number of carbonyl (C=O) groups excluding carboxylic acids is 2. The second-order valence-corrected chi connectivity index (χ2v) is 4.36. The molecule has 6 heteroatoms. The molecule has 2 aromatic rings. The Kier molecular flexibility index (Phi) is 4.50. The Hall–Kier alpha value is -2.89. The van der Waals surface area contributed by atoms with Crippen LogP contribution >= 0.6 is 0 Å². The van der Waals surface area contributed by atoms with Gasteiger partial charge >= 0.3 is 0 Å². The van der Waals surface area contributed by atoms with Crippen molar-refractivity contribution in [3.05, 3.63) is 42.0 Å². The molecule has 0 radical (unpaired) electrons. The molecule has 0 spiro atoms. The van der Waals surface area contributed by atoms with E-state index in [1.54, 1.807) is 31.5 Å². The molecule has 2 rings (SSSR count). The van der Waals surface area contributed by atoms with Crippen LogP contribution in [0.1, 0.15) is 11.4 Å². The lowest BCUT2D eigenvalue weighted by atomic mass is 10.0. The minimum absolute atomic E-state index is 0.117. The monoisotopic (exact) mass is 282 g/mol. The lowest BCUT2D eigenvalue weighted by Crippen LogP contribution is -2.09. The van der Waals surface area contributed by atoms with Crippen LogP contribution < -0.4 is 5.32 Å². The van der Waals surface area contributed by atoms with E-state index in [2.05, 4.69) is 15.3 Å². The summed E-state index contributed by atoms with van der Waals surface area (Å²) in [5, 5.41) is 10.6. The van der Waals surface area contributed by atoms with Crippen LogP contribution in [-0.2, 0) is 9.59 Å². The van der Waals surface area contributed by atoms with Gasteiger partial charge in [-0.1, -0.05) is 6.07 Å². The largest absolute Gasteiger partial charge is 0.378 e. The molecule has 0 saturated carbocycles. The van der Waals surface area contributed by atoms with Crippen LogP contribution in [0.4, 0.5) is 5.69 Å². The van der Waals surface area contributed by atoms with E-state index in [1.165, 1.54) is 0 Å². The van der Waals surface area contributed by atoms with E-state index in [4.69, 9.17) is 5.41 Å². The normalized spacial score (nSPS) is 9.95. The van der Waals surface area contributed by atoms with Gasteiger partial charge in [0.1, 0.15) is 17.8 Å². The van der Waals surface area contributed by atoms with Gasteiger partial charge in [0.05, 0.1) is 6.54 Å². The summed E-state index contributed by atoms with van der Waals surface area (Å²) in [6.45, 7) is 1.91. The average molecular weight is 282 g/mol. The number of aldehydes is 2. The molecule has 0 aliphatic carbocycles. The molecule has 0 fully saturated rings. The summed E-state index contributed by atoms with van der Waals surface area (Å²) in [7, 11) is 0. The summed E-state index contributed by atoms with van der Waals surface area (Å²) < 4.78 is 0. The molecule has 1 aromatic heterocycles. The maximum absolute atomic E-state index is 10.9. The summed E-state index contributed by atoms with van der Waals surface area (Å²) in [4.78, 5) is 29.6. The Morgan fingerprint density at radius 2 is 1.95 bits per heavy atom. The first-order chi connectivity index (χ1) is 10.2. The van der Waals surface area contributed by atoms with Gasteiger partial charge in [-0.15, -0.1) is 0 Å². The van der Waals surface area contributed by atoms with E-state index in [0.29, 0.717) is 23.4 Å². The van der Waals surface area contributed by atoms with E-state index in [-0.39, 0.29) is 12.3 Å². The van der Waals surface area contributed by atoms with Gasteiger partial charge in [0.2, 0.25) is 0 Å². The number of benzene rings is 1. The molecule has 0 amide bonds. The predicted molar refractivity (Wildman–Crippen MR) is 79.7 cm³/mol. The van der Waals surface area contributed by atoms with Crippen LogP contribution in [-0.4, -0.2) is 34.8 Å². The number of nitrogens with zero attached hydrogens (tertiary/aromatic N) is 2. The molecular weight excluding hydrogens is 268 g/mol. The van der Waals surface area contributed by atoms with Crippen molar-refractivity contribution in [2.75, 3.05) is 11.9 Å². The zero-order valence-electron chi connectivity index (χ0n) is 11.5. The number of hydrogen-bond acceptors (Lipinski definition) is 6. The molecule has 0 aliphatic heterocycles. The maximum Gasteiger partial charge on any atom is 0.168 e. The Bertz CT molecular complexity index is 681. The van der Waals surface area contributed by atoms with Gasteiger partial charge in [-0.05, 0) is 24.6 Å². The van der Waals surface area contributed by atoms with Crippen molar-refractivity contribution in [1.29, 1.82) is 5.41 Å². The highest BCUT2D eigenvalue weighted by Crippen LogP contribution is 2.24. The summed E-state index contributed by atoms with van der Waals surface area (Å²) in [6.07, 6.45) is 4.56. The van der Waals surface area contributed by atoms with Crippen molar-refractivity contribution in [2.45, 2.75) is 6.92 Å². The molecular formula is C15H14N4O2. The summed E-state index contributed by atoms with van der Waals surface area (Å²) in [5.41, 5.74) is 2.44. The number of carbonyl (C=O) groups is 2. The topological polar surface area (TPSA) is 95.8 Å². The molecule has 0 aliphatic rings. The highest BCUT2D eigenvalue weighted by molar-refractivity contribution is 6.36. The van der Waals surface area contributed by atoms with E-state index in [9.17, 15) is 9.59 Å². The van der Waals surface area contributed by atoms with Crippen LogP contribution in [0.15, 0.2) is 30.6 Å². The van der Waals surface area contributed by atoms with E-state index < -0.39 is 0 Å². The minimum atomic E-state index is -0.154. The minimum Gasteiger partial charge on any atom is -0.378 e. The Labute approximate surface area is 121 Å². The lowest BCUT2D eigenvalue weighted by molar-refractivity contribution is -0.106. The second-order valence-electron chi connectivity index (χ2n) is 4.36. The van der Waals surface area contributed by atoms with Crippen LogP contribution in [0, 0.1) is 12.3 Å². The Morgan fingerprint density at radius 1 is 1.24 bits per heavy atom. The van der Waals surface area contributed by atoms with Crippen LogP contribution in [0.2, 0.25) is 0 Å². The predicted octanol–water partition coefficient (Wildman–Crippen LogP) is 1.63. The smallest absolute Gasteiger partial charge is 0.168 e. The second kappa shape index (κ2) is 6.51. The fourth-order valence-electron chi connectivity index (χ4n) is 1.86. The van der Waals surface area contributed by atoms with E-state index in [0.717, 1.165) is 17.4 Å². The van der Waals surface area contributed by atoms with Crippen molar-refractivity contribution in [2.24, 2.45) is 0 Å². The molecule has 0 unspecified atom stereocenters. The highest BCUT2D eigenvalue weighted by Gasteiger charge is 2.10.